The molecule has 6 heteroatoms. The van der Waals surface area contributed by atoms with Gasteiger partial charge in [0.25, 0.3) is 5.91 Å². The summed E-state index contributed by atoms with van der Waals surface area (Å²) in [5.41, 5.74) is 7.36. The molecule has 1 heterocycles. The Labute approximate surface area is 138 Å². The summed E-state index contributed by atoms with van der Waals surface area (Å²) in [5, 5.41) is 2.83. The molecular formula is C16H20BrN3O2. The van der Waals surface area contributed by atoms with E-state index in [1.807, 2.05) is 38.1 Å². The summed E-state index contributed by atoms with van der Waals surface area (Å²) >= 11 is 3.43. The molecule has 0 aliphatic carbocycles. The average molecular weight is 366 g/mol. The Kier molecular flexibility index (Phi) is 5.74. The van der Waals surface area contributed by atoms with Crippen molar-refractivity contribution in [2.45, 2.75) is 26.3 Å². The number of carbonyl (C=O) groups excluding carboxylic acids is 1. The monoisotopic (exact) mass is 365 g/mol. The average Bonchev–Trinajstić information content (AvgIpc) is 2.96. The standard InChI is InChI=1S/C16H20BrN3O2/c1-10(2)14(18)16-20-13(9-22-16)15(21)19-7-6-11-4-3-5-12(17)8-11/h3-5,8-10,14H,6-7,18H2,1-2H3,(H,19,21). The Bertz CT molecular complexity index is 640. The lowest BCUT2D eigenvalue weighted by Crippen LogP contribution is -2.26. The zero-order chi connectivity index (χ0) is 16.1. The highest BCUT2D eigenvalue weighted by molar-refractivity contribution is 9.10. The van der Waals surface area contributed by atoms with E-state index in [4.69, 9.17) is 10.2 Å². The highest BCUT2D eigenvalue weighted by atomic mass is 79.9. The van der Waals surface area contributed by atoms with E-state index in [0.717, 1.165) is 16.5 Å². The van der Waals surface area contributed by atoms with E-state index in [1.54, 1.807) is 0 Å². The van der Waals surface area contributed by atoms with Crippen LogP contribution < -0.4 is 11.1 Å². The minimum atomic E-state index is -0.303. The lowest BCUT2D eigenvalue weighted by atomic mass is 10.1. The molecule has 1 amide bonds. The number of rotatable bonds is 6. The molecule has 3 N–H and O–H groups in total. The van der Waals surface area contributed by atoms with E-state index in [2.05, 4.69) is 26.2 Å². The smallest absolute Gasteiger partial charge is 0.273 e. The number of amides is 1. The number of nitrogens with one attached hydrogen (secondary N) is 1. The molecule has 5 nitrogen and oxygen atoms in total. The molecule has 1 aromatic heterocycles. The molecular weight excluding hydrogens is 346 g/mol. The Morgan fingerprint density at radius 1 is 1.45 bits per heavy atom. The van der Waals surface area contributed by atoms with Crippen molar-refractivity contribution in [3.05, 3.63) is 52.1 Å². The lowest BCUT2D eigenvalue weighted by molar-refractivity contribution is 0.0949. The molecule has 0 saturated carbocycles. The number of oxazole rings is 1. The van der Waals surface area contributed by atoms with Crippen molar-refractivity contribution < 1.29 is 9.21 Å². The highest BCUT2D eigenvalue weighted by Crippen LogP contribution is 2.18. The van der Waals surface area contributed by atoms with Gasteiger partial charge in [0.1, 0.15) is 6.26 Å². The first-order valence-corrected chi connectivity index (χ1v) is 8.00. The van der Waals surface area contributed by atoms with Crippen LogP contribution in [0.2, 0.25) is 0 Å². The molecule has 1 unspecified atom stereocenters. The Morgan fingerprint density at radius 2 is 2.23 bits per heavy atom. The van der Waals surface area contributed by atoms with E-state index in [0.29, 0.717) is 12.4 Å². The first-order valence-electron chi connectivity index (χ1n) is 7.21. The first-order chi connectivity index (χ1) is 10.5. The molecule has 0 saturated heterocycles. The number of hydrogen-bond donors (Lipinski definition) is 2. The van der Waals surface area contributed by atoms with Crippen molar-refractivity contribution in [2.24, 2.45) is 11.7 Å². The van der Waals surface area contributed by atoms with E-state index in [9.17, 15) is 4.79 Å². The summed E-state index contributed by atoms with van der Waals surface area (Å²) < 4.78 is 6.31. The van der Waals surface area contributed by atoms with Crippen molar-refractivity contribution in [3.8, 4) is 0 Å². The van der Waals surface area contributed by atoms with E-state index in [-0.39, 0.29) is 23.6 Å². The van der Waals surface area contributed by atoms with Crippen LogP contribution >= 0.6 is 15.9 Å². The third-order valence-electron chi connectivity index (χ3n) is 3.35. The van der Waals surface area contributed by atoms with E-state index in [1.165, 1.54) is 6.26 Å². The van der Waals surface area contributed by atoms with Crippen LogP contribution in [0.15, 0.2) is 39.4 Å². The van der Waals surface area contributed by atoms with Crippen molar-refractivity contribution in [1.82, 2.24) is 10.3 Å². The first kappa shape index (κ1) is 16.7. The Hall–Kier alpha value is -1.66. The maximum atomic E-state index is 12.0. The fourth-order valence-electron chi connectivity index (χ4n) is 1.93. The second-order valence-electron chi connectivity index (χ2n) is 5.48. The predicted octanol–water partition coefficient (Wildman–Crippen LogP) is 3.07. The number of nitrogens with zero attached hydrogens (tertiary/aromatic N) is 1. The molecule has 2 rings (SSSR count). The van der Waals surface area contributed by atoms with Gasteiger partial charge in [-0.2, -0.15) is 0 Å². The van der Waals surface area contributed by atoms with Crippen molar-refractivity contribution in [2.75, 3.05) is 6.54 Å². The Morgan fingerprint density at radius 3 is 2.91 bits per heavy atom. The fourth-order valence-corrected chi connectivity index (χ4v) is 2.38. The van der Waals surface area contributed by atoms with Gasteiger partial charge in [0.05, 0.1) is 6.04 Å². The normalized spacial score (nSPS) is 12.4. The van der Waals surface area contributed by atoms with Crippen LogP contribution in [0.25, 0.3) is 0 Å². The summed E-state index contributed by atoms with van der Waals surface area (Å²) in [5.74, 6) is 0.346. The SMILES string of the molecule is CC(C)C(N)c1nc(C(=O)NCCc2cccc(Br)c2)co1. The zero-order valence-corrected chi connectivity index (χ0v) is 14.3. The molecule has 118 valence electrons. The van der Waals surface area contributed by atoms with Gasteiger partial charge in [0.2, 0.25) is 5.89 Å². The van der Waals surface area contributed by atoms with Crippen LogP contribution in [-0.2, 0) is 6.42 Å². The largest absolute Gasteiger partial charge is 0.446 e. The fraction of sp³-hybridized carbons (Fsp3) is 0.375. The summed E-state index contributed by atoms with van der Waals surface area (Å²) in [7, 11) is 0. The minimum Gasteiger partial charge on any atom is -0.446 e. The second-order valence-corrected chi connectivity index (χ2v) is 6.39. The number of aromatic nitrogens is 1. The molecule has 0 radical (unpaired) electrons. The number of carbonyl (C=O) groups is 1. The van der Waals surface area contributed by atoms with Gasteiger partial charge in [-0.15, -0.1) is 0 Å². The maximum Gasteiger partial charge on any atom is 0.273 e. The molecule has 0 spiro atoms. The minimum absolute atomic E-state index is 0.200. The number of hydrogen-bond acceptors (Lipinski definition) is 4. The number of benzene rings is 1. The lowest BCUT2D eigenvalue weighted by Gasteiger charge is -2.10. The molecule has 0 aliphatic rings. The van der Waals surface area contributed by atoms with Crippen LogP contribution in [-0.4, -0.2) is 17.4 Å². The Balaban J connectivity index is 1.87. The quantitative estimate of drug-likeness (QED) is 0.823. The van der Waals surface area contributed by atoms with E-state index >= 15 is 0 Å². The third kappa shape index (κ3) is 4.42. The van der Waals surface area contributed by atoms with Gasteiger partial charge in [0.15, 0.2) is 5.69 Å². The molecule has 1 aromatic carbocycles. The van der Waals surface area contributed by atoms with Crippen LogP contribution in [0.5, 0.6) is 0 Å². The van der Waals surface area contributed by atoms with E-state index < -0.39 is 0 Å². The van der Waals surface area contributed by atoms with Crippen LogP contribution in [0.1, 0.15) is 41.8 Å². The highest BCUT2D eigenvalue weighted by Gasteiger charge is 2.19. The second kappa shape index (κ2) is 7.56. The van der Waals surface area contributed by atoms with Crippen LogP contribution in [0, 0.1) is 5.92 Å². The van der Waals surface area contributed by atoms with Crippen molar-refractivity contribution >= 4 is 21.8 Å². The number of halogens is 1. The van der Waals surface area contributed by atoms with Crippen molar-refractivity contribution in [1.29, 1.82) is 0 Å². The van der Waals surface area contributed by atoms with Gasteiger partial charge >= 0.3 is 0 Å². The van der Waals surface area contributed by atoms with Gasteiger partial charge in [0, 0.05) is 11.0 Å². The van der Waals surface area contributed by atoms with Crippen molar-refractivity contribution in [3.63, 3.8) is 0 Å². The summed E-state index contributed by atoms with van der Waals surface area (Å²) in [4.78, 5) is 16.2. The topological polar surface area (TPSA) is 81.1 Å². The van der Waals surface area contributed by atoms with Crippen LogP contribution in [0.3, 0.4) is 0 Å². The summed E-state index contributed by atoms with van der Waals surface area (Å²) in [6.45, 7) is 4.49. The van der Waals surface area contributed by atoms with Gasteiger partial charge < -0.3 is 15.5 Å². The molecule has 1 atom stereocenters. The summed E-state index contributed by atoms with van der Waals surface area (Å²) in [6, 6.07) is 7.69. The van der Waals surface area contributed by atoms with Gasteiger partial charge in [-0.1, -0.05) is 41.9 Å². The third-order valence-corrected chi connectivity index (χ3v) is 3.84. The van der Waals surface area contributed by atoms with Gasteiger partial charge in [-0.3, -0.25) is 4.79 Å². The molecule has 0 aliphatic heterocycles. The summed E-state index contributed by atoms with van der Waals surface area (Å²) in [6.07, 6.45) is 2.10. The molecule has 22 heavy (non-hydrogen) atoms. The van der Waals surface area contributed by atoms with Gasteiger partial charge in [-0.25, -0.2) is 4.98 Å². The van der Waals surface area contributed by atoms with Gasteiger partial charge in [-0.05, 0) is 30.0 Å². The molecule has 0 fully saturated rings. The zero-order valence-electron chi connectivity index (χ0n) is 12.7. The maximum absolute atomic E-state index is 12.0. The molecule has 0 bridgehead atoms. The predicted molar refractivity (Wildman–Crippen MR) is 88.4 cm³/mol. The molecule has 2 aromatic rings. The number of nitrogens with two attached hydrogens (primary N) is 1. The van der Waals surface area contributed by atoms with Crippen LogP contribution in [0.4, 0.5) is 0 Å².